The molecule has 1 aliphatic rings. The fraction of sp³-hybridized carbons (Fsp3) is 0.500. The summed E-state index contributed by atoms with van der Waals surface area (Å²) < 4.78 is 41.9. The van der Waals surface area contributed by atoms with Gasteiger partial charge in [0.15, 0.2) is 0 Å². The molecular weight excluding hydrogens is 251 g/mol. The van der Waals surface area contributed by atoms with Crippen LogP contribution in [0.4, 0.5) is 13.2 Å². The zero-order valence-electron chi connectivity index (χ0n) is 9.22. The predicted octanol–water partition coefficient (Wildman–Crippen LogP) is 1.02. The molecule has 0 aromatic carbocycles. The zero-order chi connectivity index (χ0) is 13.2. The van der Waals surface area contributed by atoms with Gasteiger partial charge in [-0.2, -0.15) is 13.2 Å². The molecule has 1 aromatic heterocycles. The summed E-state index contributed by atoms with van der Waals surface area (Å²) in [5, 5.41) is 0. The lowest BCUT2D eigenvalue weighted by molar-refractivity contribution is -0.184. The van der Waals surface area contributed by atoms with Crippen LogP contribution in [0.3, 0.4) is 0 Å². The van der Waals surface area contributed by atoms with Crippen molar-refractivity contribution in [2.45, 2.75) is 18.7 Å². The Morgan fingerprint density at radius 1 is 1.39 bits per heavy atom. The van der Waals surface area contributed by atoms with Gasteiger partial charge in [-0.1, -0.05) is 0 Å². The van der Waals surface area contributed by atoms with E-state index in [4.69, 9.17) is 4.74 Å². The highest BCUT2D eigenvalue weighted by atomic mass is 19.4. The van der Waals surface area contributed by atoms with Gasteiger partial charge in [0.25, 0.3) is 0 Å². The van der Waals surface area contributed by atoms with E-state index in [1.165, 1.54) is 12.4 Å². The topological polar surface area (TPSA) is 55.3 Å². The SMILES string of the molecule is O=C(N1CCC(Oc2ncccn2)C1)C(F)(F)F. The van der Waals surface area contributed by atoms with E-state index < -0.39 is 18.2 Å². The average molecular weight is 261 g/mol. The maximum absolute atomic E-state index is 12.2. The van der Waals surface area contributed by atoms with Crippen LogP contribution in [0, 0.1) is 0 Å². The number of nitrogens with zero attached hydrogens (tertiary/aromatic N) is 3. The lowest BCUT2D eigenvalue weighted by Gasteiger charge is -2.17. The molecule has 2 rings (SSSR count). The minimum atomic E-state index is -4.84. The van der Waals surface area contributed by atoms with Crippen LogP contribution in [0.2, 0.25) is 0 Å². The van der Waals surface area contributed by atoms with Crippen LogP contribution in [0.1, 0.15) is 6.42 Å². The third-order valence-electron chi connectivity index (χ3n) is 2.49. The molecule has 1 aliphatic heterocycles. The van der Waals surface area contributed by atoms with Crippen molar-refractivity contribution in [3.8, 4) is 6.01 Å². The molecule has 0 radical (unpaired) electrons. The highest BCUT2D eigenvalue weighted by Crippen LogP contribution is 2.23. The maximum Gasteiger partial charge on any atom is 0.471 e. The van der Waals surface area contributed by atoms with Gasteiger partial charge in [0.2, 0.25) is 0 Å². The molecule has 1 saturated heterocycles. The molecule has 8 heteroatoms. The van der Waals surface area contributed by atoms with Gasteiger partial charge in [-0.05, 0) is 6.07 Å². The third kappa shape index (κ3) is 2.88. The molecule has 18 heavy (non-hydrogen) atoms. The van der Waals surface area contributed by atoms with E-state index in [0.29, 0.717) is 6.42 Å². The molecule has 2 heterocycles. The highest BCUT2D eigenvalue weighted by Gasteiger charge is 2.44. The normalized spacial score (nSPS) is 19.9. The number of amides is 1. The maximum atomic E-state index is 12.2. The fourth-order valence-corrected chi connectivity index (χ4v) is 1.68. The van der Waals surface area contributed by atoms with E-state index in [2.05, 4.69) is 9.97 Å². The molecule has 0 bridgehead atoms. The van der Waals surface area contributed by atoms with Crippen LogP contribution in [-0.2, 0) is 4.79 Å². The number of ether oxygens (including phenoxy) is 1. The molecular formula is C10H10F3N3O2. The lowest BCUT2D eigenvalue weighted by Crippen LogP contribution is -2.40. The standard InChI is InChI=1S/C10H10F3N3O2/c11-10(12,13)8(17)16-5-2-7(6-16)18-9-14-3-1-4-15-9/h1,3-4,7H,2,5-6H2. The Balaban J connectivity index is 1.91. The highest BCUT2D eigenvalue weighted by molar-refractivity contribution is 5.82. The molecule has 1 unspecified atom stereocenters. The molecule has 1 fully saturated rings. The van der Waals surface area contributed by atoms with Crippen LogP contribution in [0.25, 0.3) is 0 Å². The van der Waals surface area contributed by atoms with Crippen molar-refractivity contribution in [3.05, 3.63) is 18.5 Å². The van der Waals surface area contributed by atoms with Gasteiger partial charge < -0.3 is 9.64 Å². The Labute approximate surface area is 101 Å². The Morgan fingerprint density at radius 2 is 2.06 bits per heavy atom. The number of carbonyl (C=O) groups excluding carboxylic acids is 1. The van der Waals surface area contributed by atoms with E-state index in [9.17, 15) is 18.0 Å². The van der Waals surface area contributed by atoms with Crippen molar-refractivity contribution in [1.29, 1.82) is 0 Å². The van der Waals surface area contributed by atoms with Crippen LogP contribution >= 0.6 is 0 Å². The zero-order valence-corrected chi connectivity index (χ0v) is 9.22. The summed E-state index contributed by atoms with van der Waals surface area (Å²) in [5.41, 5.74) is 0. The van der Waals surface area contributed by atoms with Crippen molar-refractivity contribution in [2.75, 3.05) is 13.1 Å². The van der Waals surface area contributed by atoms with Crippen LogP contribution in [0.15, 0.2) is 18.5 Å². The second kappa shape index (κ2) is 4.79. The van der Waals surface area contributed by atoms with Crippen molar-refractivity contribution in [1.82, 2.24) is 14.9 Å². The molecule has 0 spiro atoms. The largest absolute Gasteiger partial charge is 0.471 e. The second-order valence-electron chi connectivity index (χ2n) is 3.81. The van der Waals surface area contributed by atoms with Crippen LogP contribution < -0.4 is 4.74 Å². The molecule has 1 atom stereocenters. The van der Waals surface area contributed by atoms with Crippen LogP contribution in [0.5, 0.6) is 6.01 Å². The number of aromatic nitrogens is 2. The van der Waals surface area contributed by atoms with Gasteiger partial charge in [0.1, 0.15) is 6.10 Å². The minimum absolute atomic E-state index is 0.0237. The summed E-state index contributed by atoms with van der Waals surface area (Å²) in [4.78, 5) is 19.3. The van der Waals surface area contributed by atoms with Gasteiger partial charge in [0, 0.05) is 25.4 Å². The van der Waals surface area contributed by atoms with Crippen LogP contribution in [-0.4, -0.2) is 46.1 Å². The summed E-state index contributed by atoms with van der Waals surface area (Å²) in [6, 6.07) is 1.70. The van der Waals surface area contributed by atoms with Gasteiger partial charge in [-0.25, -0.2) is 9.97 Å². The molecule has 1 amide bonds. The molecule has 0 aliphatic carbocycles. The number of halogens is 3. The third-order valence-corrected chi connectivity index (χ3v) is 2.49. The summed E-state index contributed by atoms with van der Waals surface area (Å²) in [7, 11) is 0. The van der Waals surface area contributed by atoms with Crippen molar-refractivity contribution >= 4 is 5.91 Å². The summed E-state index contributed by atoms with van der Waals surface area (Å²) >= 11 is 0. The molecule has 0 N–H and O–H groups in total. The summed E-state index contributed by atoms with van der Waals surface area (Å²) in [6.45, 7) is -0.0769. The second-order valence-corrected chi connectivity index (χ2v) is 3.81. The summed E-state index contributed by atoms with van der Waals surface area (Å²) in [6.07, 6.45) is -2.07. The Morgan fingerprint density at radius 3 is 2.67 bits per heavy atom. The van der Waals surface area contributed by atoms with E-state index in [-0.39, 0.29) is 19.1 Å². The first-order valence-corrected chi connectivity index (χ1v) is 5.26. The number of carbonyl (C=O) groups is 1. The van der Waals surface area contributed by atoms with Crippen molar-refractivity contribution < 1.29 is 22.7 Å². The number of alkyl halides is 3. The molecule has 5 nitrogen and oxygen atoms in total. The predicted molar refractivity (Wildman–Crippen MR) is 53.7 cm³/mol. The average Bonchev–Trinajstić information content (AvgIpc) is 2.76. The van der Waals surface area contributed by atoms with Crippen molar-refractivity contribution in [3.63, 3.8) is 0 Å². The number of rotatable bonds is 2. The first-order valence-electron chi connectivity index (χ1n) is 5.26. The van der Waals surface area contributed by atoms with E-state index in [1.807, 2.05) is 0 Å². The molecule has 0 saturated carbocycles. The fourth-order valence-electron chi connectivity index (χ4n) is 1.68. The Bertz CT molecular complexity index is 424. The Kier molecular flexibility index (Phi) is 3.35. The first-order chi connectivity index (χ1) is 8.47. The van der Waals surface area contributed by atoms with Gasteiger partial charge in [0.05, 0.1) is 6.54 Å². The van der Waals surface area contributed by atoms with Gasteiger partial charge in [-0.3, -0.25) is 4.79 Å². The van der Waals surface area contributed by atoms with E-state index in [1.54, 1.807) is 6.07 Å². The van der Waals surface area contributed by atoms with Gasteiger partial charge in [-0.15, -0.1) is 0 Å². The molecule has 1 aromatic rings. The molecule has 98 valence electrons. The lowest BCUT2D eigenvalue weighted by atomic mass is 10.3. The van der Waals surface area contributed by atoms with E-state index in [0.717, 1.165) is 4.90 Å². The number of likely N-dealkylation sites (tertiary alicyclic amines) is 1. The van der Waals surface area contributed by atoms with Crippen molar-refractivity contribution in [2.24, 2.45) is 0 Å². The summed E-state index contributed by atoms with van der Waals surface area (Å²) in [5.74, 6) is -1.83. The Hall–Kier alpha value is -1.86. The number of hydrogen-bond donors (Lipinski definition) is 0. The number of hydrogen-bond acceptors (Lipinski definition) is 4. The monoisotopic (exact) mass is 261 g/mol. The first kappa shape index (κ1) is 12.6. The quantitative estimate of drug-likeness (QED) is 0.797. The van der Waals surface area contributed by atoms with E-state index >= 15 is 0 Å². The smallest absolute Gasteiger partial charge is 0.458 e. The van der Waals surface area contributed by atoms with Gasteiger partial charge >= 0.3 is 18.1 Å². The minimum Gasteiger partial charge on any atom is -0.458 e.